The molecule has 0 spiro atoms. The van der Waals surface area contributed by atoms with E-state index in [0.717, 1.165) is 11.3 Å². The van der Waals surface area contributed by atoms with Gasteiger partial charge in [-0.25, -0.2) is 9.37 Å². The predicted molar refractivity (Wildman–Crippen MR) is 89.3 cm³/mol. The minimum absolute atomic E-state index is 0.262. The fourth-order valence-corrected chi connectivity index (χ4v) is 2.06. The van der Waals surface area contributed by atoms with Gasteiger partial charge in [-0.15, -0.1) is 0 Å². The van der Waals surface area contributed by atoms with Gasteiger partial charge in [-0.2, -0.15) is 4.98 Å². The molecule has 0 aliphatic rings. The number of para-hydroxylation sites is 1. The molecule has 0 aliphatic carbocycles. The lowest BCUT2D eigenvalue weighted by atomic mass is 10.2. The van der Waals surface area contributed by atoms with E-state index < -0.39 is 0 Å². The van der Waals surface area contributed by atoms with Crippen LogP contribution in [0.2, 0.25) is 5.02 Å². The summed E-state index contributed by atoms with van der Waals surface area (Å²) in [5, 5.41) is 6.58. The molecule has 0 fully saturated rings. The van der Waals surface area contributed by atoms with Gasteiger partial charge in [-0.05, 0) is 23.8 Å². The third kappa shape index (κ3) is 4.17. The van der Waals surface area contributed by atoms with E-state index in [1.54, 1.807) is 18.2 Å². The molecule has 6 heteroatoms. The predicted octanol–water partition coefficient (Wildman–Crippen LogP) is 4.42. The summed E-state index contributed by atoms with van der Waals surface area (Å²) in [5.41, 5.74) is 1.69. The Balaban J connectivity index is 1.71. The van der Waals surface area contributed by atoms with E-state index in [2.05, 4.69) is 26.7 Å². The van der Waals surface area contributed by atoms with Gasteiger partial charge in [0, 0.05) is 18.3 Å². The molecule has 1 heterocycles. The minimum Gasteiger partial charge on any atom is -0.350 e. The molecule has 0 aliphatic heterocycles. The number of halogens is 2. The lowest BCUT2D eigenvalue weighted by molar-refractivity contribution is 0.627. The van der Waals surface area contributed by atoms with E-state index in [0.29, 0.717) is 23.3 Å². The van der Waals surface area contributed by atoms with Gasteiger partial charge in [-0.1, -0.05) is 41.9 Å². The van der Waals surface area contributed by atoms with Crippen molar-refractivity contribution in [2.24, 2.45) is 0 Å². The molecule has 0 unspecified atom stereocenters. The van der Waals surface area contributed by atoms with E-state index in [1.807, 2.05) is 18.2 Å². The second kappa shape index (κ2) is 7.07. The standard InChI is InChI=1S/C17H13ClFN4/c18-15-11-21-17(20-10-12-6-8-13(19)9-7-12)23-16(15)22-14-4-2-1-3-5-14/h1-4,6-9,11H,10H2,(H2,20,21,22,23). The van der Waals surface area contributed by atoms with Crippen molar-refractivity contribution >= 4 is 29.1 Å². The average Bonchev–Trinajstić information content (AvgIpc) is 2.58. The number of hydrogen-bond donors (Lipinski definition) is 2. The van der Waals surface area contributed by atoms with Crippen LogP contribution in [0.5, 0.6) is 0 Å². The van der Waals surface area contributed by atoms with Crippen LogP contribution < -0.4 is 10.6 Å². The van der Waals surface area contributed by atoms with E-state index in [-0.39, 0.29) is 5.82 Å². The molecule has 3 rings (SSSR count). The third-order valence-electron chi connectivity index (χ3n) is 3.07. The van der Waals surface area contributed by atoms with Gasteiger partial charge in [0.25, 0.3) is 0 Å². The van der Waals surface area contributed by atoms with Gasteiger partial charge in [-0.3, -0.25) is 0 Å². The summed E-state index contributed by atoms with van der Waals surface area (Å²) < 4.78 is 12.9. The lowest BCUT2D eigenvalue weighted by Crippen LogP contribution is -2.05. The zero-order chi connectivity index (χ0) is 16.1. The van der Waals surface area contributed by atoms with E-state index in [9.17, 15) is 4.39 Å². The van der Waals surface area contributed by atoms with Gasteiger partial charge >= 0.3 is 0 Å². The molecular formula is C17H13ClFN4. The number of nitrogens with one attached hydrogen (secondary N) is 2. The number of aromatic nitrogens is 2. The third-order valence-corrected chi connectivity index (χ3v) is 3.35. The van der Waals surface area contributed by atoms with Crippen LogP contribution in [0.15, 0.2) is 54.7 Å². The van der Waals surface area contributed by atoms with Crippen LogP contribution in [0, 0.1) is 11.9 Å². The highest BCUT2D eigenvalue weighted by molar-refractivity contribution is 6.32. The molecule has 2 aromatic carbocycles. The molecule has 4 nitrogen and oxygen atoms in total. The monoisotopic (exact) mass is 327 g/mol. The van der Waals surface area contributed by atoms with Crippen molar-refractivity contribution in [2.75, 3.05) is 10.6 Å². The zero-order valence-corrected chi connectivity index (χ0v) is 12.8. The first-order chi connectivity index (χ1) is 11.2. The van der Waals surface area contributed by atoms with Crippen LogP contribution in [-0.4, -0.2) is 9.97 Å². The largest absolute Gasteiger partial charge is 0.350 e. The van der Waals surface area contributed by atoms with Gasteiger partial charge in [0.05, 0.1) is 6.20 Å². The highest BCUT2D eigenvalue weighted by Gasteiger charge is 2.06. The van der Waals surface area contributed by atoms with Crippen molar-refractivity contribution in [3.05, 3.63) is 77.2 Å². The lowest BCUT2D eigenvalue weighted by Gasteiger charge is -2.10. The summed E-state index contributed by atoms with van der Waals surface area (Å²) in [5.74, 6) is 0.657. The minimum atomic E-state index is -0.262. The molecule has 115 valence electrons. The van der Waals surface area contributed by atoms with Crippen LogP contribution in [0.3, 0.4) is 0 Å². The first-order valence-electron chi connectivity index (χ1n) is 6.95. The fraction of sp³-hybridized carbons (Fsp3) is 0.0588. The molecule has 3 aromatic rings. The summed E-state index contributed by atoms with van der Waals surface area (Å²) in [7, 11) is 0. The number of benzene rings is 2. The van der Waals surface area contributed by atoms with Crippen molar-refractivity contribution in [1.29, 1.82) is 0 Å². The zero-order valence-electron chi connectivity index (χ0n) is 12.1. The summed E-state index contributed by atoms with van der Waals surface area (Å²) in [6, 6.07) is 16.7. The SMILES string of the molecule is Fc1ccc(CNc2ncc(Cl)c(Nc3[c]cccc3)n2)cc1. The fourth-order valence-electron chi connectivity index (χ4n) is 1.92. The quantitative estimate of drug-likeness (QED) is 0.728. The molecule has 23 heavy (non-hydrogen) atoms. The molecule has 0 amide bonds. The van der Waals surface area contributed by atoms with Crippen molar-refractivity contribution in [3.8, 4) is 0 Å². The van der Waals surface area contributed by atoms with E-state index >= 15 is 0 Å². The smallest absolute Gasteiger partial charge is 0.224 e. The molecule has 1 aromatic heterocycles. The van der Waals surface area contributed by atoms with Crippen LogP contribution in [-0.2, 0) is 6.54 Å². The molecule has 0 bridgehead atoms. The van der Waals surface area contributed by atoms with Crippen molar-refractivity contribution in [2.45, 2.75) is 6.54 Å². The van der Waals surface area contributed by atoms with Crippen LogP contribution in [0.4, 0.5) is 21.8 Å². The highest BCUT2D eigenvalue weighted by Crippen LogP contribution is 2.23. The maximum Gasteiger partial charge on any atom is 0.224 e. The first-order valence-corrected chi connectivity index (χ1v) is 7.33. The Kier molecular flexibility index (Phi) is 4.68. The topological polar surface area (TPSA) is 49.8 Å². The Hall–Kier alpha value is -2.66. The van der Waals surface area contributed by atoms with Crippen LogP contribution in [0.1, 0.15) is 5.56 Å². The number of anilines is 3. The van der Waals surface area contributed by atoms with Gasteiger partial charge in [0.15, 0.2) is 5.82 Å². The normalized spacial score (nSPS) is 10.3. The van der Waals surface area contributed by atoms with Crippen molar-refractivity contribution in [1.82, 2.24) is 9.97 Å². The Labute approximate surface area is 138 Å². The van der Waals surface area contributed by atoms with Gasteiger partial charge in [0.1, 0.15) is 10.8 Å². The summed E-state index contributed by atoms with van der Waals surface area (Å²) in [6.07, 6.45) is 1.52. The van der Waals surface area contributed by atoms with Crippen LogP contribution in [0.25, 0.3) is 0 Å². The first kappa shape index (κ1) is 15.2. The second-order valence-electron chi connectivity index (χ2n) is 4.77. The molecule has 1 radical (unpaired) electrons. The maximum absolute atomic E-state index is 12.9. The number of rotatable bonds is 5. The Morgan fingerprint density at radius 3 is 2.70 bits per heavy atom. The summed E-state index contributed by atoms with van der Waals surface area (Å²) in [4.78, 5) is 8.48. The van der Waals surface area contributed by atoms with Crippen LogP contribution >= 0.6 is 11.6 Å². The van der Waals surface area contributed by atoms with Crippen molar-refractivity contribution in [3.63, 3.8) is 0 Å². The molecule has 0 atom stereocenters. The Morgan fingerprint density at radius 2 is 1.96 bits per heavy atom. The molecular weight excluding hydrogens is 315 g/mol. The Bertz CT molecular complexity index is 778. The van der Waals surface area contributed by atoms with Gasteiger partial charge in [0.2, 0.25) is 5.95 Å². The summed E-state index contributed by atoms with van der Waals surface area (Å²) >= 11 is 6.11. The summed E-state index contributed by atoms with van der Waals surface area (Å²) in [6.45, 7) is 0.485. The molecule has 0 saturated carbocycles. The Morgan fingerprint density at radius 1 is 1.13 bits per heavy atom. The molecule has 2 N–H and O–H groups in total. The molecule has 0 saturated heterocycles. The van der Waals surface area contributed by atoms with Crippen molar-refractivity contribution < 1.29 is 4.39 Å². The van der Waals surface area contributed by atoms with E-state index in [1.165, 1.54) is 18.3 Å². The highest BCUT2D eigenvalue weighted by atomic mass is 35.5. The maximum atomic E-state index is 12.9. The number of nitrogens with zero attached hydrogens (tertiary/aromatic N) is 2. The average molecular weight is 328 g/mol. The van der Waals surface area contributed by atoms with E-state index in [4.69, 9.17) is 11.6 Å². The number of hydrogen-bond acceptors (Lipinski definition) is 4. The van der Waals surface area contributed by atoms with Gasteiger partial charge < -0.3 is 10.6 Å². The second-order valence-corrected chi connectivity index (χ2v) is 5.18.